The maximum Gasteiger partial charge on any atom is 0.265 e. The van der Waals surface area contributed by atoms with E-state index in [0.717, 1.165) is 49.7 Å². The van der Waals surface area contributed by atoms with Gasteiger partial charge in [-0.2, -0.15) is 4.98 Å². The number of carbonyl (C=O) groups excluding carboxylic acids is 1. The van der Waals surface area contributed by atoms with Crippen molar-refractivity contribution in [2.75, 3.05) is 0 Å². The molecule has 3 aromatic rings. The zero-order valence-corrected chi connectivity index (χ0v) is 15.9. The number of Topliss-reactive ketones (excluding diaryl/α,β-unsaturated/α-hetero) is 1. The van der Waals surface area contributed by atoms with Gasteiger partial charge in [0.2, 0.25) is 5.78 Å². The summed E-state index contributed by atoms with van der Waals surface area (Å²) in [7, 11) is 0. The highest BCUT2D eigenvalue weighted by atomic mass is 16.4. The van der Waals surface area contributed by atoms with Gasteiger partial charge in [0.25, 0.3) is 5.89 Å². The lowest BCUT2D eigenvalue weighted by atomic mass is 10.0. The van der Waals surface area contributed by atoms with Crippen LogP contribution in [0.1, 0.15) is 60.3 Å². The standard InChI is InChI=1S/C24H24N2O2/c27-21(15-9-2-6-12-18-10-4-1-5-11-18)24-26-23-22(28-24)16-20(17-25-23)19-13-7-3-8-14-19/h1,4-5,7,10-11,13-14,16-17H,2-3,6,8-9,12,15H2. The summed E-state index contributed by atoms with van der Waals surface area (Å²) in [6.07, 6.45) is 14.8. The number of hydrogen-bond acceptors (Lipinski definition) is 4. The summed E-state index contributed by atoms with van der Waals surface area (Å²) in [4.78, 5) is 21.1. The van der Waals surface area contributed by atoms with Gasteiger partial charge < -0.3 is 4.42 Å². The molecule has 0 unspecified atom stereocenters. The second-order valence-corrected chi connectivity index (χ2v) is 7.17. The molecule has 0 N–H and O–H groups in total. The molecule has 0 atom stereocenters. The van der Waals surface area contributed by atoms with Gasteiger partial charge in [-0.15, -0.1) is 0 Å². The highest BCUT2D eigenvalue weighted by molar-refractivity contribution is 5.94. The van der Waals surface area contributed by atoms with Gasteiger partial charge in [0.15, 0.2) is 11.2 Å². The van der Waals surface area contributed by atoms with Gasteiger partial charge in [0.05, 0.1) is 0 Å². The van der Waals surface area contributed by atoms with Crippen molar-refractivity contribution in [2.45, 2.75) is 44.9 Å². The van der Waals surface area contributed by atoms with Gasteiger partial charge >= 0.3 is 0 Å². The van der Waals surface area contributed by atoms with E-state index in [0.29, 0.717) is 17.7 Å². The Bertz CT molecular complexity index is 1020. The smallest absolute Gasteiger partial charge is 0.265 e. The molecule has 4 rings (SSSR count). The number of allylic oxidation sites excluding steroid dienone is 4. The number of benzene rings is 1. The van der Waals surface area contributed by atoms with Crippen molar-refractivity contribution < 1.29 is 9.21 Å². The second kappa shape index (κ2) is 8.79. The van der Waals surface area contributed by atoms with Crippen LogP contribution in [-0.2, 0) is 6.42 Å². The Morgan fingerprint density at radius 3 is 2.79 bits per heavy atom. The van der Waals surface area contributed by atoms with Gasteiger partial charge in [-0.05, 0) is 49.3 Å². The van der Waals surface area contributed by atoms with Crippen LogP contribution < -0.4 is 0 Å². The van der Waals surface area contributed by atoms with E-state index in [1.807, 2.05) is 12.1 Å². The van der Waals surface area contributed by atoms with Crippen molar-refractivity contribution in [3.8, 4) is 0 Å². The number of aryl methyl sites for hydroxylation is 1. The number of ketones is 1. The quantitative estimate of drug-likeness (QED) is 0.362. The Labute approximate surface area is 165 Å². The first-order valence-corrected chi connectivity index (χ1v) is 10.0. The maximum atomic E-state index is 12.4. The molecule has 1 aliphatic rings. The van der Waals surface area contributed by atoms with E-state index in [2.05, 4.69) is 52.5 Å². The minimum absolute atomic E-state index is 0.0453. The second-order valence-electron chi connectivity index (χ2n) is 7.17. The Hall–Kier alpha value is -3.01. The summed E-state index contributed by atoms with van der Waals surface area (Å²) in [6.45, 7) is 0. The average Bonchev–Trinajstić information content (AvgIpc) is 3.18. The lowest BCUT2D eigenvalue weighted by molar-refractivity contribution is 0.0947. The minimum Gasteiger partial charge on any atom is -0.432 e. The molecule has 0 bridgehead atoms. The zero-order chi connectivity index (χ0) is 19.2. The molecule has 28 heavy (non-hydrogen) atoms. The first kappa shape index (κ1) is 18.4. The van der Waals surface area contributed by atoms with Gasteiger partial charge in [-0.25, -0.2) is 4.98 Å². The van der Waals surface area contributed by atoms with E-state index in [9.17, 15) is 4.79 Å². The summed E-state index contributed by atoms with van der Waals surface area (Å²) in [5, 5.41) is 0. The van der Waals surface area contributed by atoms with Crippen LogP contribution in [0.15, 0.2) is 65.2 Å². The van der Waals surface area contributed by atoms with Crippen LogP contribution >= 0.6 is 0 Å². The highest BCUT2D eigenvalue weighted by Gasteiger charge is 2.15. The monoisotopic (exact) mass is 372 g/mol. The Balaban J connectivity index is 1.32. The molecule has 0 fully saturated rings. The van der Waals surface area contributed by atoms with Crippen molar-refractivity contribution >= 4 is 22.6 Å². The Kier molecular flexibility index (Phi) is 5.76. The molecule has 0 aliphatic heterocycles. The minimum atomic E-state index is -0.0453. The van der Waals surface area contributed by atoms with Crippen LogP contribution in [-0.4, -0.2) is 15.8 Å². The average molecular weight is 372 g/mol. The predicted molar refractivity (Wildman–Crippen MR) is 111 cm³/mol. The normalized spacial score (nSPS) is 13.6. The summed E-state index contributed by atoms with van der Waals surface area (Å²) >= 11 is 0. The fraction of sp³-hybridized carbons (Fsp3) is 0.292. The fourth-order valence-electron chi connectivity index (χ4n) is 3.47. The molecule has 4 heteroatoms. The van der Waals surface area contributed by atoms with Crippen LogP contribution in [0.3, 0.4) is 0 Å². The van der Waals surface area contributed by atoms with E-state index < -0.39 is 0 Å². The van der Waals surface area contributed by atoms with Crippen LogP contribution in [0.25, 0.3) is 16.8 Å². The number of nitrogens with zero attached hydrogens (tertiary/aromatic N) is 2. The predicted octanol–water partition coefficient (Wildman–Crippen LogP) is 5.94. The molecular formula is C24H24N2O2. The number of fused-ring (bicyclic) bond motifs is 1. The number of pyridine rings is 1. The third-order valence-corrected chi connectivity index (χ3v) is 5.03. The van der Waals surface area contributed by atoms with Crippen molar-refractivity contribution in [1.82, 2.24) is 9.97 Å². The van der Waals surface area contributed by atoms with Crippen molar-refractivity contribution in [1.29, 1.82) is 0 Å². The van der Waals surface area contributed by atoms with Gasteiger partial charge in [0, 0.05) is 18.2 Å². The molecule has 4 nitrogen and oxygen atoms in total. The number of aromatic nitrogens is 2. The van der Waals surface area contributed by atoms with E-state index in [4.69, 9.17) is 4.42 Å². The highest BCUT2D eigenvalue weighted by Crippen LogP contribution is 2.24. The lowest BCUT2D eigenvalue weighted by Gasteiger charge is -2.05. The van der Waals surface area contributed by atoms with Crippen molar-refractivity contribution in [3.05, 3.63) is 77.8 Å². The molecule has 0 saturated carbocycles. The van der Waals surface area contributed by atoms with E-state index in [-0.39, 0.29) is 11.7 Å². The number of oxazole rings is 1. The lowest BCUT2D eigenvalue weighted by Crippen LogP contribution is -1.99. The Morgan fingerprint density at radius 1 is 1.07 bits per heavy atom. The van der Waals surface area contributed by atoms with Gasteiger partial charge in [-0.3, -0.25) is 4.79 Å². The van der Waals surface area contributed by atoms with Crippen molar-refractivity contribution in [2.24, 2.45) is 0 Å². The van der Waals surface area contributed by atoms with E-state index in [1.165, 1.54) is 5.56 Å². The Morgan fingerprint density at radius 2 is 1.96 bits per heavy atom. The van der Waals surface area contributed by atoms with Crippen molar-refractivity contribution in [3.63, 3.8) is 0 Å². The summed E-state index contributed by atoms with van der Waals surface area (Å²) in [6, 6.07) is 12.4. The summed E-state index contributed by atoms with van der Waals surface area (Å²) in [5.41, 5.74) is 4.56. The number of rotatable bonds is 8. The first-order chi connectivity index (χ1) is 13.8. The molecule has 1 aromatic carbocycles. The zero-order valence-electron chi connectivity index (χ0n) is 15.9. The maximum absolute atomic E-state index is 12.4. The molecule has 0 radical (unpaired) electrons. The van der Waals surface area contributed by atoms with E-state index in [1.54, 1.807) is 6.20 Å². The molecule has 0 spiro atoms. The van der Waals surface area contributed by atoms with Crippen LogP contribution in [0.5, 0.6) is 0 Å². The molecular weight excluding hydrogens is 348 g/mol. The van der Waals surface area contributed by atoms with Gasteiger partial charge in [0.1, 0.15) is 0 Å². The third-order valence-electron chi connectivity index (χ3n) is 5.03. The first-order valence-electron chi connectivity index (χ1n) is 10.0. The molecule has 142 valence electrons. The molecule has 1 aliphatic carbocycles. The topological polar surface area (TPSA) is 56.0 Å². The summed E-state index contributed by atoms with van der Waals surface area (Å²) < 4.78 is 5.71. The number of unbranched alkanes of at least 4 members (excludes halogenated alkanes) is 2. The largest absolute Gasteiger partial charge is 0.432 e. The number of hydrogen-bond donors (Lipinski definition) is 0. The van der Waals surface area contributed by atoms with E-state index >= 15 is 0 Å². The van der Waals surface area contributed by atoms with Gasteiger partial charge in [-0.1, -0.05) is 55.0 Å². The fourth-order valence-corrected chi connectivity index (χ4v) is 3.47. The SMILES string of the molecule is O=C(CCCCCc1ccccc1)c1nc2ncc(C3=CCCC=C3)cc2o1. The molecule has 2 aromatic heterocycles. The molecule has 0 amide bonds. The molecule has 2 heterocycles. The van der Waals surface area contributed by atoms with Crippen LogP contribution in [0.2, 0.25) is 0 Å². The third kappa shape index (κ3) is 4.45. The summed E-state index contributed by atoms with van der Waals surface area (Å²) in [5.74, 6) is 0.131. The van der Waals surface area contributed by atoms with Crippen LogP contribution in [0, 0.1) is 0 Å². The van der Waals surface area contributed by atoms with Crippen LogP contribution in [0.4, 0.5) is 0 Å². The molecule has 0 saturated heterocycles. The number of carbonyl (C=O) groups is 1.